The zero-order valence-electron chi connectivity index (χ0n) is 22.1. The minimum atomic E-state index is -2.18. The number of hydrogen-bond acceptors (Lipinski definition) is 4. The summed E-state index contributed by atoms with van der Waals surface area (Å²) in [6, 6.07) is 20.7. The Bertz CT molecular complexity index is 1060. The zero-order valence-corrected chi connectivity index (χ0v) is 23.1. The molecule has 4 atom stereocenters. The lowest BCUT2D eigenvalue weighted by molar-refractivity contribution is -0.117. The summed E-state index contributed by atoms with van der Waals surface area (Å²) < 4.78 is 7.26. The molecule has 1 heterocycles. The maximum Gasteiger partial charge on any atom is 0.193 e. The van der Waals surface area contributed by atoms with Crippen LogP contribution in [0.4, 0.5) is 0 Å². The van der Waals surface area contributed by atoms with Gasteiger partial charge in [0.25, 0.3) is 0 Å². The molecule has 1 aliphatic heterocycles. The van der Waals surface area contributed by atoms with Crippen molar-refractivity contribution >= 4 is 14.1 Å². The highest BCUT2D eigenvalue weighted by molar-refractivity contribution is 6.74. The topological polar surface area (TPSA) is 49.8 Å². The summed E-state index contributed by atoms with van der Waals surface area (Å²) in [7, 11) is -2.18. The SMILES string of the molecule is C[C@H]1C(O)CC2=C(CCCC2=O)N1[C@@H](c1ccccc1)[C@H](O[Si](C)(C)C(C)(C)C)c1ccccc1. The highest BCUT2D eigenvalue weighted by atomic mass is 28.4. The van der Waals surface area contributed by atoms with Gasteiger partial charge in [0.2, 0.25) is 0 Å². The summed E-state index contributed by atoms with van der Waals surface area (Å²) in [6.45, 7) is 13.5. The van der Waals surface area contributed by atoms with Crippen LogP contribution in [-0.4, -0.2) is 36.3 Å². The molecule has 0 aromatic heterocycles. The predicted molar refractivity (Wildman–Crippen MR) is 144 cm³/mol. The number of allylic oxidation sites excluding steroid dienone is 1. The molecule has 4 rings (SSSR count). The summed E-state index contributed by atoms with van der Waals surface area (Å²) in [4.78, 5) is 15.3. The number of benzene rings is 2. The van der Waals surface area contributed by atoms with Gasteiger partial charge in [-0.2, -0.15) is 0 Å². The van der Waals surface area contributed by atoms with E-state index in [2.05, 4.69) is 94.2 Å². The lowest BCUT2D eigenvalue weighted by atomic mass is 9.81. The van der Waals surface area contributed by atoms with Gasteiger partial charge in [0.1, 0.15) is 0 Å². The van der Waals surface area contributed by atoms with Gasteiger partial charge in [-0.25, -0.2) is 0 Å². The van der Waals surface area contributed by atoms with Gasteiger partial charge in [-0.15, -0.1) is 0 Å². The van der Waals surface area contributed by atoms with Crippen LogP contribution in [0.15, 0.2) is 71.9 Å². The Morgan fingerprint density at radius 2 is 1.54 bits per heavy atom. The van der Waals surface area contributed by atoms with Crippen LogP contribution in [0.2, 0.25) is 18.1 Å². The monoisotopic (exact) mass is 491 g/mol. The van der Waals surface area contributed by atoms with E-state index in [9.17, 15) is 9.90 Å². The second-order valence-corrected chi connectivity index (χ2v) is 16.4. The molecule has 2 aromatic rings. The van der Waals surface area contributed by atoms with Crippen molar-refractivity contribution in [3.8, 4) is 0 Å². The van der Waals surface area contributed by atoms with Crippen LogP contribution >= 0.6 is 0 Å². The van der Waals surface area contributed by atoms with Gasteiger partial charge in [0.05, 0.1) is 24.3 Å². The second-order valence-electron chi connectivity index (χ2n) is 11.7. The van der Waals surface area contributed by atoms with Gasteiger partial charge in [-0.1, -0.05) is 81.4 Å². The Hall–Kier alpha value is -2.21. The van der Waals surface area contributed by atoms with Crippen molar-refractivity contribution in [1.29, 1.82) is 0 Å². The van der Waals surface area contributed by atoms with Crippen LogP contribution in [0, 0.1) is 0 Å². The van der Waals surface area contributed by atoms with Crippen molar-refractivity contribution in [2.45, 2.75) is 95.8 Å². The molecule has 1 unspecified atom stereocenters. The Balaban J connectivity index is 1.93. The third kappa shape index (κ3) is 5.18. The highest BCUT2D eigenvalue weighted by Gasteiger charge is 2.46. The summed E-state index contributed by atoms with van der Waals surface area (Å²) in [5, 5.41) is 11.2. The van der Waals surface area contributed by atoms with Crippen LogP contribution in [0.3, 0.4) is 0 Å². The molecule has 2 aliphatic rings. The number of carbonyl (C=O) groups is 1. The number of ketones is 1. The molecule has 188 valence electrons. The highest BCUT2D eigenvalue weighted by Crippen LogP contribution is 2.49. The number of aliphatic hydroxyl groups is 1. The average molecular weight is 492 g/mol. The van der Waals surface area contributed by atoms with Crippen molar-refractivity contribution in [2.24, 2.45) is 0 Å². The fourth-order valence-electron chi connectivity index (χ4n) is 5.21. The van der Waals surface area contributed by atoms with E-state index >= 15 is 0 Å². The van der Waals surface area contributed by atoms with Crippen LogP contribution in [0.5, 0.6) is 0 Å². The Labute approximate surface area is 212 Å². The summed E-state index contributed by atoms with van der Waals surface area (Å²) in [5.74, 6) is 0.190. The minimum Gasteiger partial charge on any atom is -0.407 e. The van der Waals surface area contributed by atoms with E-state index in [-0.39, 0.29) is 29.0 Å². The van der Waals surface area contributed by atoms with Crippen LogP contribution in [0.25, 0.3) is 0 Å². The fraction of sp³-hybridized carbons (Fsp3) is 0.500. The number of Topliss-reactive ketones (excluding diaryl/α,β-unsaturated/α-hetero) is 1. The number of rotatable bonds is 6. The van der Waals surface area contributed by atoms with Gasteiger partial charge in [0.15, 0.2) is 14.1 Å². The first-order chi connectivity index (χ1) is 16.5. The average Bonchev–Trinajstić information content (AvgIpc) is 2.82. The first kappa shape index (κ1) is 25.9. The molecule has 0 spiro atoms. The molecular formula is C30H41NO3Si. The maximum atomic E-state index is 13.0. The van der Waals surface area contributed by atoms with E-state index in [0.717, 1.165) is 35.2 Å². The van der Waals surface area contributed by atoms with Crippen molar-refractivity contribution < 1.29 is 14.3 Å². The molecule has 0 bridgehead atoms. The first-order valence-electron chi connectivity index (χ1n) is 13.0. The summed E-state index contributed by atoms with van der Waals surface area (Å²) >= 11 is 0. The molecule has 0 radical (unpaired) electrons. The van der Waals surface area contributed by atoms with Gasteiger partial charge < -0.3 is 14.4 Å². The minimum absolute atomic E-state index is 0.0412. The number of aliphatic hydroxyl groups excluding tert-OH is 1. The molecule has 4 nitrogen and oxygen atoms in total. The third-order valence-electron chi connectivity index (χ3n) is 8.31. The van der Waals surface area contributed by atoms with E-state index in [0.29, 0.717) is 12.8 Å². The van der Waals surface area contributed by atoms with Crippen molar-refractivity contribution in [1.82, 2.24) is 4.90 Å². The number of nitrogens with zero attached hydrogens (tertiary/aromatic N) is 1. The predicted octanol–water partition coefficient (Wildman–Crippen LogP) is 6.95. The molecular weight excluding hydrogens is 450 g/mol. The molecule has 0 fully saturated rings. The molecule has 35 heavy (non-hydrogen) atoms. The van der Waals surface area contributed by atoms with Crippen molar-refractivity contribution in [3.05, 3.63) is 83.1 Å². The van der Waals surface area contributed by atoms with E-state index in [1.807, 2.05) is 12.1 Å². The normalized spacial score (nSPS) is 23.2. The van der Waals surface area contributed by atoms with Gasteiger partial charge in [-0.3, -0.25) is 4.79 Å². The molecule has 5 heteroatoms. The fourth-order valence-corrected chi connectivity index (χ4v) is 6.46. The second kappa shape index (κ2) is 10.0. The standard InChI is InChI=1S/C30H41NO3Si/c1-21-27(33)20-24-25(18-13-19-26(24)32)31(21)28(22-14-9-7-10-15-22)29(23-16-11-8-12-17-23)34-35(5,6)30(2,3)4/h7-12,14-17,21,27-29,33H,13,18-20H2,1-6H3/t21-,27?,28-,29+/m0/s1. The lowest BCUT2D eigenvalue weighted by Crippen LogP contribution is -2.51. The van der Waals surface area contributed by atoms with E-state index in [1.54, 1.807) is 0 Å². The van der Waals surface area contributed by atoms with Gasteiger partial charge >= 0.3 is 0 Å². The number of carbonyl (C=O) groups excluding carboxylic acids is 1. The Morgan fingerprint density at radius 3 is 2.11 bits per heavy atom. The smallest absolute Gasteiger partial charge is 0.193 e. The zero-order chi connectivity index (χ0) is 25.4. The molecule has 2 aromatic carbocycles. The van der Waals surface area contributed by atoms with E-state index in [4.69, 9.17) is 4.43 Å². The largest absolute Gasteiger partial charge is 0.407 e. The Morgan fingerprint density at radius 1 is 0.971 bits per heavy atom. The van der Waals surface area contributed by atoms with Crippen molar-refractivity contribution in [2.75, 3.05) is 0 Å². The van der Waals surface area contributed by atoms with E-state index in [1.165, 1.54) is 0 Å². The lowest BCUT2D eigenvalue weighted by Gasteiger charge is -2.51. The molecule has 1 aliphatic carbocycles. The van der Waals surface area contributed by atoms with Gasteiger partial charge in [0, 0.05) is 24.1 Å². The number of hydrogen-bond donors (Lipinski definition) is 1. The Kier molecular flexibility index (Phi) is 7.42. The summed E-state index contributed by atoms with van der Waals surface area (Å²) in [5.41, 5.74) is 4.20. The van der Waals surface area contributed by atoms with Crippen LogP contribution in [-0.2, 0) is 9.22 Å². The third-order valence-corrected chi connectivity index (χ3v) is 12.8. The van der Waals surface area contributed by atoms with E-state index < -0.39 is 14.4 Å². The van der Waals surface area contributed by atoms with Crippen LogP contribution < -0.4 is 0 Å². The van der Waals surface area contributed by atoms with Gasteiger partial charge in [-0.05, 0) is 49.0 Å². The molecule has 1 N–H and O–H groups in total. The summed E-state index contributed by atoms with van der Waals surface area (Å²) in [6.07, 6.45) is 1.92. The molecule has 0 amide bonds. The maximum absolute atomic E-state index is 13.0. The quantitative estimate of drug-likeness (QED) is 0.444. The van der Waals surface area contributed by atoms with Crippen molar-refractivity contribution in [3.63, 3.8) is 0 Å². The van der Waals surface area contributed by atoms with Crippen LogP contribution in [0.1, 0.15) is 76.7 Å². The first-order valence-corrected chi connectivity index (χ1v) is 15.9. The molecule has 0 saturated heterocycles. The molecule has 0 saturated carbocycles.